The number of hydrogen-bond donors (Lipinski definition) is 1. The fourth-order valence-corrected chi connectivity index (χ4v) is 1.35. The number of nitrogens with zero attached hydrogens (tertiary/aromatic N) is 1. The first-order valence-corrected chi connectivity index (χ1v) is 4.71. The van der Waals surface area contributed by atoms with Crippen molar-refractivity contribution >= 4 is 0 Å². The van der Waals surface area contributed by atoms with Crippen LogP contribution in [0.15, 0.2) is 36.5 Å². The van der Waals surface area contributed by atoms with E-state index in [0.29, 0.717) is 11.3 Å². The number of aromatic hydroxyl groups is 1. The summed E-state index contributed by atoms with van der Waals surface area (Å²) in [5.41, 5.74) is 0.102. The van der Waals surface area contributed by atoms with E-state index in [1.165, 1.54) is 18.2 Å². The minimum Gasteiger partial charge on any atom is -0.507 e. The molecule has 0 fully saturated rings. The van der Waals surface area contributed by atoms with Crippen LogP contribution in [0.1, 0.15) is 5.56 Å². The van der Waals surface area contributed by atoms with Crippen LogP contribution in [0.3, 0.4) is 0 Å². The average Bonchev–Trinajstić information content (AvgIpc) is 2.28. The van der Waals surface area contributed by atoms with E-state index in [1.54, 1.807) is 6.07 Å². The van der Waals surface area contributed by atoms with E-state index >= 15 is 0 Å². The second kappa shape index (κ2) is 4.08. The summed E-state index contributed by atoms with van der Waals surface area (Å²) in [6.07, 6.45) is -3.62. The molecule has 0 saturated heterocycles. The van der Waals surface area contributed by atoms with Gasteiger partial charge in [-0.25, -0.2) is 0 Å². The third-order valence-corrected chi connectivity index (χ3v) is 2.17. The van der Waals surface area contributed by atoms with Crippen LogP contribution in [0.4, 0.5) is 13.2 Å². The maximum Gasteiger partial charge on any atom is 0.417 e. The molecule has 1 aromatic heterocycles. The Bertz CT molecular complexity index is 520. The van der Waals surface area contributed by atoms with Gasteiger partial charge >= 0.3 is 6.18 Å². The van der Waals surface area contributed by atoms with Gasteiger partial charge < -0.3 is 5.11 Å². The van der Waals surface area contributed by atoms with Crippen LogP contribution in [0.5, 0.6) is 5.75 Å². The number of rotatable bonds is 1. The molecule has 0 spiro atoms. The van der Waals surface area contributed by atoms with Crippen molar-refractivity contribution < 1.29 is 18.3 Å². The molecule has 5 heteroatoms. The van der Waals surface area contributed by atoms with Crippen LogP contribution < -0.4 is 0 Å². The summed E-state index contributed by atoms with van der Waals surface area (Å²) in [5, 5.41) is 9.19. The quantitative estimate of drug-likeness (QED) is 0.827. The summed E-state index contributed by atoms with van der Waals surface area (Å²) in [5.74, 6) is -0.0794. The van der Waals surface area contributed by atoms with Crippen molar-refractivity contribution in [2.24, 2.45) is 0 Å². The van der Waals surface area contributed by atoms with E-state index in [0.717, 1.165) is 12.3 Å². The number of pyridine rings is 1. The van der Waals surface area contributed by atoms with Gasteiger partial charge in [0, 0.05) is 17.8 Å². The minimum atomic E-state index is -4.39. The molecule has 0 amide bonds. The third kappa shape index (κ3) is 2.55. The standard InChI is InChI=1S/C12H7F3NO/c13-12(14,15)9-4-5-11(16-7-9)8-2-1-3-10(17)6-8/h1-2,4-7,17H. The van der Waals surface area contributed by atoms with E-state index < -0.39 is 11.7 Å². The van der Waals surface area contributed by atoms with E-state index in [-0.39, 0.29) is 5.75 Å². The molecule has 0 saturated carbocycles. The number of phenols is 1. The molecule has 0 aliphatic heterocycles. The molecule has 1 aromatic carbocycles. The fourth-order valence-electron chi connectivity index (χ4n) is 1.35. The van der Waals surface area contributed by atoms with Gasteiger partial charge in [0.05, 0.1) is 11.3 Å². The van der Waals surface area contributed by atoms with Gasteiger partial charge in [0.15, 0.2) is 0 Å². The first kappa shape index (κ1) is 11.4. The highest BCUT2D eigenvalue weighted by Gasteiger charge is 2.30. The molecule has 2 rings (SSSR count). The number of halogens is 3. The van der Waals surface area contributed by atoms with Gasteiger partial charge in [-0.1, -0.05) is 6.07 Å². The summed E-state index contributed by atoms with van der Waals surface area (Å²) in [6.45, 7) is 0. The van der Waals surface area contributed by atoms with Gasteiger partial charge in [-0.2, -0.15) is 13.2 Å². The number of hydrogen-bond acceptors (Lipinski definition) is 2. The zero-order valence-corrected chi connectivity index (χ0v) is 8.49. The van der Waals surface area contributed by atoms with Crippen LogP contribution in [0.25, 0.3) is 11.3 Å². The molecule has 0 aliphatic carbocycles. The van der Waals surface area contributed by atoms with Gasteiger partial charge in [0.2, 0.25) is 0 Å². The van der Waals surface area contributed by atoms with E-state index in [4.69, 9.17) is 0 Å². The molecule has 1 heterocycles. The Morgan fingerprint density at radius 3 is 2.47 bits per heavy atom. The Morgan fingerprint density at radius 2 is 1.94 bits per heavy atom. The van der Waals surface area contributed by atoms with E-state index in [1.807, 2.05) is 0 Å². The lowest BCUT2D eigenvalue weighted by Crippen LogP contribution is -2.05. The van der Waals surface area contributed by atoms with Crippen molar-refractivity contribution in [1.29, 1.82) is 0 Å². The average molecular weight is 238 g/mol. The van der Waals surface area contributed by atoms with Gasteiger partial charge in [-0.15, -0.1) is 0 Å². The molecular weight excluding hydrogens is 231 g/mol. The van der Waals surface area contributed by atoms with Crippen LogP contribution in [-0.4, -0.2) is 10.1 Å². The monoisotopic (exact) mass is 238 g/mol. The lowest BCUT2D eigenvalue weighted by Gasteiger charge is -2.07. The number of phenolic OH excluding ortho intramolecular Hbond substituents is 1. The number of benzene rings is 1. The third-order valence-electron chi connectivity index (χ3n) is 2.17. The normalized spacial score (nSPS) is 11.5. The molecule has 2 nitrogen and oxygen atoms in total. The zero-order chi connectivity index (χ0) is 12.5. The maximum atomic E-state index is 12.3. The molecule has 0 unspecified atom stereocenters. The predicted molar refractivity (Wildman–Crippen MR) is 55.2 cm³/mol. The lowest BCUT2D eigenvalue weighted by atomic mass is 10.1. The Hall–Kier alpha value is -2.04. The lowest BCUT2D eigenvalue weighted by molar-refractivity contribution is -0.137. The number of alkyl halides is 3. The molecule has 17 heavy (non-hydrogen) atoms. The summed E-state index contributed by atoms with van der Waals surface area (Å²) in [4.78, 5) is 3.71. The van der Waals surface area contributed by atoms with Crippen LogP contribution in [0, 0.1) is 6.07 Å². The van der Waals surface area contributed by atoms with E-state index in [9.17, 15) is 18.3 Å². The first-order chi connectivity index (χ1) is 7.97. The van der Waals surface area contributed by atoms with Crippen LogP contribution in [-0.2, 0) is 6.18 Å². The summed E-state index contributed by atoms with van der Waals surface area (Å²) < 4.78 is 36.9. The van der Waals surface area contributed by atoms with Crippen molar-refractivity contribution in [3.63, 3.8) is 0 Å². The summed E-state index contributed by atoms with van der Waals surface area (Å²) in [6, 6.07) is 9.21. The summed E-state index contributed by atoms with van der Waals surface area (Å²) >= 11 is 0. The smallest absolute Gasteiger partial charge is 0.417 e. The highest BCUT2D eigenvalue weighted by molar-refractivity contribution is 5.60. The molecule has 0 bridgehead atoms. The van der Waals surface area contributed by atoms with Gasteiger partial charge in [-0.05, 0) is 24.3 Å². The van der Waals surface area contributed by atoms with Crippen molar-refractivity contribution in [3.05, 3.63) is 48.2 Å². The van der Waals surface area contributed by atoms with E-state index in [2.05, 4.69) is 11.1 Å². The van der Waals surface area contributed by atoms with Crippen molar-refractivity contribution in [1.82, 2.24) is 4.98 Å². The zero-order valence-electron chi connectivity index (χ0n) is 8.49. The SMILES string of the molecule is Oc1[c]ccc(-c2ccc(C(F)(F)F)cn2)c1. The van der Waals surface area contributed by atoms with Crippen LogP contribution in [0.2, 0.25) is 0 Å². The molecular formula is C12H7F3NO. The molecule has 1 N–H and O–H groups in total. The largest absolute Gasteiger partial charge is 0.507 e. The predicted octanol–water partition coefficient (Wildman–Crippen LogP) is 3.27. The fraction of sp³-hybridized carbons (Fsp3) is 0.0833. The molecule has 0 aliphatic rings. The Morgan fingerprint density at radius 1 is 1.18 bits per heavy atom. The van der Waals surface area contributed by atoms with Gasteiger partial charge in [0.25, 0.3) is 0 Å². The second-order valence-electron chi connectivity index (χ2n) is 3.39. The minimum absolute atomic E-state index is 0.0794. The Balaban J connectivity index is 2.36. The van der Waals surface area contributed by atoms with Crippen molar-refractivity contribution in [3.8, 4) is 17.0 Å². The first-order valence-electron chi connectivity index (χ1n) is 4.71. The molecule has 87 valence electrons. The van der Waals surface area contributed by atoms with Crippen LogP contribution >= 0.6 is 0 Å². The Kier molecular flexibility index (Phi) is 2.75. The second-order valence-corrected chi connectivity index (χ2v) is 3.39. The number of aromatic nitrogens is 1. The van der Waals surface area contributed by atoms with Crippen molar-refractivity contribution in [2.75, 3.05) is 0 Å². The van der Waals surface area contributed by atoms with Crippen molar-refractivity contribution in [2.45, 2.75) is 6.18 Å². The maximum absolute atomic E-state index is 12.3. The highest BCUT2D eigenvalue weighted by atomic mass is 19.4. The van der Waals surface area contributed by atoms with Gasteiger partial charge in [0.1, 0.15) is 5.75 Å². The topological polar surface area (TPSA) is 33.1 Å². The molecule has 0 atom stereocenters. The highest BCUT2D eigenvalue weighted by Crippen LogP contribution is 2.30. The summed E-state index contributed by atoms with van der Waals surface area (Å²) in [7, 11) is 0. The molecule has 1 radical (unpaired) electrons. The Labute approximate surface area is 95.4 Å². The molecule has 2 aromatic rings. The van der Waals surface area contributed by atoms with Gasteiger partial charge in [-0.3, -0.25) is 4.98 Å².